The summed E-state index contributed by atoms with van der Waals surface area (Å²) in [5, 5.41) is 6.63. The lowest BCUT2D eigenvalue weighted by atomic mass is 9.86. The summed E-state index contributed by atoms with van der Waals surface area (Å²) >= 11 is 0. The lowest BCUT2D eigenvalue weighted by Gasteiger charge is -2.19. The van der Waals surface area contributed by atoms with Gasteiger partial charge in [-0.05, 0) is 64.2 Å². The number of hydrogen-bond acceptors (Lipinski definition) is 5. The van der Waals surface area contributed by atoms with Crippen LogP contribution in [0, 0.1) is 0 Å². The van der Waals surface area contributed by atoms with Crippen molar-refractivity contribution in [2.45, 2.75) is 12.8 Å². The third-order valence-electron chi connectivity index (χ3n) is 10.7. The normalized spacial score (nSPS) is 13.0. The van der Waals surface area contributed by atoms with E-state index in [1.54, 1.807) is 0 Å². The van der Waals surface area contributed by atoms with Crippen molar-refractivity contribution in [3.8, 4) is 33.9 Å². The van der Waals surface area contributed by atoms with Crippen molar-refractivity contribution in [1.82, 2.24) is 15.0 Å². The van der Waals surface area contributed by atoms with E-state index in [0.717, 1.165) is 89.8 Å². The van der Waals surface area contributed by atoms with Crippen LogP contribution in [0.2, 0.25) is 0 Å². The summed E-state index contributed by atoms with van der Waals surface area (Å²) in [6, 6.07) is 56.5. The molecule has 5 nitrogen and oxygen atoms in total. The van der Waals surface area contributed by atoms with Crippen molar-refractivity contribution >= 4 is 55.0 Å². The standard InChI is InChI=1S/C49H31N3O2/c1-3-14-30(15-4-1)32-26-28-36(45-39-21-10-12-24-42(39)54-46(32)45)35-27-29-37(34-19-8-7-18-33(34)35)48-50-47(31-16-5-2-6-17-31)51-49(52-48)40-22-13-25-43-44(40)38-20-9-11-23-41(38)53-43/h1-26,28H,27,29H2. The molecule has 5 heteroatoms. The molecule has 54 heavy (non-hydrogen) atoms. The molecule has 0 spiro atoms. The van der Waals surface area contributed by atoms with Crippen LogP contribution in [0.25, 0.3) is 88.9 Å². The Hall–Kier alpha value is -7.11. The van der Waals surface area contributed by atoms with Gasteiger partial charge in [0.15, 0.2) is 17.5 Å². The van der Waals surface area contributed by atoms with Gasteiger partial charge in [0.1, 0.15) is 22.3 Å². The SMILES string of the molecule is c1ccc(-c2nc(C3=c4ccccc4=C(c4ccc(-c5ccccc5)c5oc6ccccc6c45)CC3)nc(-c3cccc4oc5ccccc5c34)n2)cc1. The van der Waals surface area contributed by atoms with Gasteiger partial charge in [-0.1, -0.05) is 140 Å². The fourth-order valence-electron chi connectivity index (χ4n) is 8.27. The van der Waals surface area contributed by atoms with E-state index in [9.17, 15) is 0 Å². The van der Waals surface area contributed by atoms with Gasteiger partial charge in [0, 0.05) is 43.8 Å². The summed E-state index contributed by atoms with van der Waals surface area (Å²) in [5.41, 5.74) is 11.1. The van der Waals surface area contributed by atoms with E-state index in [1.165, 1.54) is 16.4 Å². The second kappa shape index (κ2) is 12.2. The fourth-order valence-corrected chi connectivity index (χ4v) is 8.27. The number of benzene rings is 7. The van der Waals surface area contributed by atoms with Gasteiger partial charge in [0.25, 0.3) is 0 Å². The van der Waals surface area contributed by atoms with Gasteiger partial charge in [-0.25, -0.2) is 15.0 Å². The van der Waals surface area contributed by atoms with Crippen molar-refractivity contribution in [2.24, 2.45) is 0 Å². The predicted octanol–water partition coefficient (Wildman–Crippen LogP) is 10.9. The maximum Gasteiger partial charge on any atom is 0.164 e. The molecule has 0 atom stereocenters. The van der Waals surface area contributed by atoms with Crippen LogP contribution in [0.3, 0.4) is 0 Å². The third-order valence-corrected chi connectivity index (χ3v) is 10.7. The average molecular weight is 694 g/mol. The largest absolute Gasteiger partial charge is 0.456 e. The lowest BCUT2D eigenvalue weighted by Crippen LogP contribution is -2.33. The average Bonchev–Trinajstić information content (AvgIpc) is 3.83. The monoisotopic (exact) mass is 693 g/mol. The van der Waals surface area contributed by atoms with Gasteiger partial charge in [0.2, 0.25) is 0 Å². The van der Waals surface area contributed by atoms with Crippen LogP contribution in [-0.4, -0.2) is 15.0 Å². The molecule has 0 amide bonds. The van der Waals surface area contributed by atoms with Crippen molar-refractivity contribution in [2.75, 3.05) is 0 Å². The molecule has 0 unspecified atom stereocenters. The molecular weight excluding hydrogens is 663 g/mol. The molecule has 0 fully saturated rings. The summed E-state index contributed by atoms with van der Waals surface area (Å²) in [6.45, 7) is 0. The molecule has 1 aliphatic carbocycles. The highest BCUT2D eigenvalue weighted by molar-refractivity contribution is 6.14. The van der Waals surface area contributed by atoms with Crippen molar-refractivity contribution < 1.29 is 8.83 Å². The number of nitrogens with zero attached hydrogens (tertiary/aromatic N) is 3. The highest BCUT2D eigenvalue weighted by Gasteiger charge is 2.24. The number of aromatic nitrogens is 3. The van der Waals surface area contributed by atoms with E-state index in [2.05, 4.69) is 109 Å². The molecule has 0 N–H and O–H groups in total. The van der Waals surface area contributed by atoms with E-state index in [0.29, 0.717) is 17.5 Å². The quantitative estimate of drug-likeness (QED) is 0.180. The van der Waals surface area contributed by atoms with Crippen LogP contribution in [0.4, 0.5) is 0 Å². The molecule has 254 valence electrons. The topological polar surface area (TPSA) is 65.0 Å². The van der Waals surface area contributed by atoms with Crippen LogP contribution in [0.15, 0.2) is 173 Å². The van der Waals surface area contributed by atoms with Gasteiger partial charge in [-0.15, -0.1) is 0 Å². The van der Waals surface area contributed by atoms with Gasteiger partial charge in [-0.2, -0.15) is 0 Å². The Bertz CT molecular complexity index is 3210. The first-order chi connectivity index (χ1) is 26.8. The highest BCUT2D eigenvalue weighted by atomic mass is 16.3. The van der Waals surface area contributed by atoms with Crippen molar-refractivity contribution in [3.05, 3.63) is 186 Å². The van der Waals surface area contributed by atoms with Crippen LogP contribution in [0.1, 0.15) is 24.2 Å². The number of para-hydroxylation sites is 2. The maximum absolute atomic E-state index is 6.66. The number of rotatable bonds is 5. The molecule has 1 aliphatic rings. The lowest BCUT2D eigenvalue weighted by molar-refractivity contribution is 0.669. The molecule has 7 aromatic carbocycles. The Morgan fingerprint density at radius 1 is 0.352 bits per heavy atom. The van der Waals surface area contributed by atoms with E-state index in [1.807, 2.05) is 54.6 Å². The summed E-state index contributed by atoms with van der Waals surface area (Å²) < 4.78 is 12.9. The van der Waals surface area contributed by atoms with Gasteiger partial charge < -0.3 is 8.83 Å². The molecule has 0 bridgehead atoms. The molecule has 3 heterocycles. The molecule has 0 aliphatic heterocycles. The smallest absolute Gasteiger partial charge is 0.164 e. The Labute approximate surface area is 310 Å². The Kier molecular flexibility index (Phi) is 6.92. The first-order valence-electron chi connectivity index (χ1n) is 18.3. The summed E-state index contributed by atoms with van der Waals surface area (Å²) in [7, 11) is 0. The zero-order valence-corrected chi connectivity index (χ0v) is 29.2. The predicted molar refractivity (Wildman–Crippen MR) is 217 cm³/mol. The summed E-state index contributed by atoms with van der Waals surface area (Å²) in [5.74, 6) is 1.95. The Morgan fingerprint density at radius 3 is 1.69 bits per heavy atom. The highest BCUT2D eigenvalue weighted by Crippen LogP contribution is 2.41. The van der Waals surface area contributed by atoms with E-state index >= 15 is 0 Å². The van der Waals surface area contributed by atoms with Crippen LogP contribution < -0.4 is 10.4 Å². The minimum absolute atomic E-state index is 0.624. The molecule has 0 radical (unpaired) electrons. The van der Waals surface area contributed by atoms with Gasteiger partial charge in [-0.3, -0.25) is 0 Å². The minimum atomic E-state index is 0.624. The second-order valence-corrected chi connectivity index (χ2v) is 13.8. The Balaban J connectivity index is 1.18. The van der Waals surface area contributed by atoms with Crippen LogP contribution in [-0.2, 0) is 0 Å². The van der Waals surface area contributed by atoms with Crippen molar-refractivity contribution in [3.63, 3.8) is 0 Å². The first-order valence-corrected chi connectivity index (χ1v) is 18.3. The minimum Gasteiger partial charge on any atom is -0.456 e. The number of hydrogen-bond donors (Lipinski definition) is 0. The zero-order valence-electron chi connectivity index (χ0n) is 29.2. The van der Waals surface area contributed by atoms with Gasteiger partial charge >= 0.3 is 0 Å². The van der Waals surface area contributed by atoms with Crippen LogP contribution >= 0.6 is 0 Å². The van der Waals surface area contributed by atoms with E-state index < -0.39 is 0 Å². The molecule has 0 saturated heterocycles. The molecule has 3 aromatic heterocycles. The van der Waals surface area contributed by atoms with E-state index in [-0.39, 0.29) is 0 Å². The number of fused-ring (bicyclic) bond motifs is 7. The second-order valence-electron chi connectivity index (χ2n) is 13.8. The molecule has 0 saturated carbocycles. The zero-order chi connectivity index (χ0) is 35.6. The third kappa shape index (κ3) is 4.82. The summed E-state index contributed by atoms with van der Waals surface area (Å²) in [4.78, 5) is 15.6. The van der Waals surface area contributed by atoms with Gasteiger partial charge in [0.05, 0.1) is 0 Å². The Morgan fingerprint density at radius 2 is 0.907 bits per heavy atom. The fraction of sp³-hybridized carbons (Fsp3) is 0.0408. The summed E-state index contributed by atoms with van der Waals surface area (Å²) in [6.07, 6.45) is 1.58. The van der Waals surface area contributed by atoms with E-state index in [4.69, 9.17) is 23.8 Å². The molecule has 11 rings (SSSR count). The number of furan rings is 2. The first kappa shape index (κ1) is 30.5. The van der Waals surface area contributed by atoms with Crippen LogP contribution in [0.5, 0.6) is 0 Å². The molecule has 10 aromatic rings. The maximum atomic E-state index is 6.66. The molecular formula is C49H31N3O2. The van der Waals surface area contributed by atoms with Crippen molar-refractivity contribution in [1.29, 1.82) is 0 Å².